The Balaban J connectivity index is 3.39. The van der Waals surface area contributed by atoms with E-state index in [4.69, 9.17) is 4.74 Å². The lowest BCUT2D eigenvalue weighted by Gasteiger charge is -2.31. The maximum absolute atomic E-state index is 5.53. The number of ether oxygens (including phenoxy) is 1. The van der Waals surface area contributed by atoms with Crippen molar-refractivity contribution < 1.29 is 4.74 Å². The number of rotatable bonds is 6. The van der Waals surface area contributed by atoms with Gasteiger partial charge in [0.1, 0.15) is 5.75 Å². The van der Waals surface area contributed by atoms with Gasteiger partial charge in [0.2, 0.25) is 0 Å². The number of likely N-dealkylation sites (N-methyl/N-ethyl adjacent to an activating group) is 1. The first-order chi connectivity index (χ1) is 8.89. The quantitative estimate of drug-likeness (QED) is 0.837. The first-order valence-electron chi connectivity index (χ1n) is 7.23. The van der Waals surface area contributed by atoms with Gasteiger partial charge in [0, 0.05) is 12.0 Å². The molecule has 0 aliphatic carbocycles. The third-order valence-corrected chi connectivity index (χ3v) is 4.20. The zero-order chi connectivity index (χ0) is 14.6. The fourth-order valence-corrected chi connectivity index (χ4v) is 2.78. The summed E-state index contributed by atoms with van der Waals surface area (Å²) in [5.74, 6) is 1.49. The van der Waals surface area contributed by atoms with Crippen LogP contribution in [0.3, 0.4) is 0 Å². The van der Waals surface area contributed by atoms with Crippen LogP contribution in [0.4, 0.5) is 0 Å². The van der Waals surface area contributed by atoms with Gasteiger partial charge >= 0.3 is 0 Å². The molecule has 2 heteroatoms. The minimum atomic E-state index is 0.175. The van der Waals surface area contributed by atoms with Crippen molar-refractivity contribution in [1.82, 2.24) is 5.32 Å². The highest BCUT2D eigenvalue weighted by atomic mass is 16.5. The Morgan fingerprint density at radius 1 is 1.32 bits per heavy atom. The molecule has 0 saturated heterocycles. The van der Waals surface area contributed by atoms with Crippen LogP contribution >= 0.6 is 0 Å². The van der Waals surface area contributed by atoms with Gasteiger partial charge in [-0.15, -0.1) is 0 Å². The van der Waals surface area contributed by atoms with Gasteiger partial charge in [-0.3, -0.25) is 0 Å². The number of aryl methyl sites for hydroxylation is 1. The largest absolute Gasteiger partial charge is 0.496 e. The normalized spacial score (nSPS) is 14.5. The highest BCUT2D eigenvalue weighted by molar-refractivity contribution is 5.46. The van der Waals surface area contributed by atoms with Gasteiger partial charge < -0.3 is 10.1 Å². The van der Waals surface area contributed by atoms with Gasteiger partial charge in [0.05, 0.1) is 7.11 Å². The minimum Gasteiger partial charge on any atom is -0.496 e. The Morgan fingerprint density at radius 2 is 1.95 bits per heavy atom. The third kappa shape index (κ3) is 3.30. The maximum Gasteiger partial charge on any atom is 0.122 e. The highest BCUT2D eigenvalue weighted by Gasteiger charge is 2.27. The molecule has 1 aromatic rings. The number of hydrogen-bond acceptors (Lipinski definition) is 2. The third-order valence-electron chi connectivity index (χ3n) is 4.20. The van der Waals surface area contributed by atoms with Gasteiger partial charge in [0.25, 0.3) is 0 Å². The van der Waals surface area contributed by atoms with Crippen molar-refractivity contribution >= 4 is 0 Å². The molecule has 0 amide bonds. The molecule has 0 spiro atoms. The van der Waals surface area contributed by atoms with Gasteiger partial charge in [-0.05, 0) is 49.1 Å². The molecule has 19 heavy (non-hydrogen) atoms. The second kappa shape index (κ2) is 6.42. The van der Waals surface area contributed by atoms with Crippen LogP contribution in [0.15, 0.2) is 12.1 Å². The summed E-state index contributed by atoms with van der Waals surface area (Å²) < 4.78 is 5.53. The number of methoxy groups -OCH3 is 1. The number of nitrogens with one attached hydrogen (secondary N) is 1. The molecule has 0 bridgehead atoms. The lowest BCUT2D eigenvalue weighted by atomic mass is 9.76. The van der Waals surface area contributed by atoms with E-state index in [0.717, 1.165) is 18.7 Å². The van der Waals surface area contributed by atoms with Crippen molar-refractivity contribution in [2.45, 2.75) is 52.4 Å². The van der Waals surface area contributed by atoms with E-state index in [1.165, 1.54) is 16.7 Å². The fraction of sp³-hybridized carbons (Fsp3) is 0.647. The maximum atomic E-state index is 5.53. The molecule has 1 aromatic carbocycles. The molecule has 1 N–H and O–H groups in total. The smallest absolute Gasteiger partial charge is 0.122 e. The van der Waals surface area contributed by atoms with Crippen molar-refractivity contribution in [1.29, 1.82) is 0 Å². The summed E-state index contributed by atoms with van der Waals surface area (Å²) in [4.78, 5) is 0. The van der Waals surface area contributed by atoms with Crippen LogP contribution in [0.1, 0.15) is 56.7 Å². The first-order valence-corrected chi connectivity index (χ1v) is 7.23. The molecule has 1 atom stereocenters. The zero-order valence-electron chi connectivity index (χ0n) is 13.6. The van der Waals surface area contributed by atoms with Crippen LogP contribution in [0, 0.1) is 6.92 Å². The summed E-state index contributed by atoms with van der Waals surface area (Å²) in [6.45, 7) is 12.2. The molecule has 1 unspecified atom stereocenters. The van der Waals surface area contributed by atoms with E-state index in [9.17, 15) is 0 Å². The summed E-state index contributed by atoms with van der Waals surface area (Å²) in [5.41, 5.74) is 4.24. The van der Waals surface area contributed by atoms with Crippen molar-refractivity contribution in [3.63, 3.8) is 0 Å². The van der Waals surface area contributed by atoms with E-state index < -0.39 is 0 Å². The molecular weight excluding hydrogens is 234 g/mol. The van der Waals surface area contributed by atoms with Crippen molar-refractivity contribution in [2.24, 2.45) is 0 Å². The van der Waals surface area contributed by atoms with E-state index in [1.54, 1.807) is 7.11 Å². The van der Waals surface area contributed by atoms with Gasteiger partial charge in [-0.1, -0.05) is 33.8 Å². The average Bonchev–Trinajstić information content (AvgIpc) is 2.37. The molecule has 0 radical (unpaired) electrons. The molecule has 0 heterocycles. The van der Waals surface area contributed by atoms with Crippen LogP contribution in [0.5, 0.6) is 5.75 Å². The van der Waals surface area contributed by atoms with E-state index in [2.05, 4.69) is 52.1 Å². The van der Waals surface area contributed by atoms with Crippen molar-refractivity contribution in [3.8, 4) is 5.75 Å². The van der Waals surface area contributed by atoms with Crippen molar-refractivity contribution in [2.75, 3.05) is 20.7 Å². The lowest BCUT2D eigenvalue weighted by molar-refractivity contribution is 0.402. The standard InChI is InChI=1S/C17H29NO/c1-8-17(5,11-18-6)15-10-14(12(2)3)16(19-7)9-13(15)4/h9-10,12,18H,8,11H2,1-7H3. The van der Waals surface area contributed by atoms with E-state index in [0.29, 0.717) is 5.92 Å². The molecule has 0 fully saturated rings. The van der Waals surface area contributed by atoms with Gasteiger partial charge in [0.15, 0.2) is 0 Å². The van der Waals surface area contributed by atoms with Crippen LogP contribution < -0.4 is 10.1 Å². The minimum absolute atomic E-state index is 0.175. The molecule has 0 aromatic heterocycles. The topological polar surface area (TPSA) is 21.3 Å². The molecule has 2 nitrogen and oxygen atoms in total. The van der Waals surface area contributed by atoms with E-state index in [-0.39, 0.29) is 5.41 Å². The predicted molar refractivity (Wildman–Crippen MR) is 83.4 cm³/mol. The lowest BCUT2D eigenvalue weighted by Crippen LogP contribution is -2.34. The number of benzene rings is 1. The highest BCUT2D eigenvalue weighted by Crippen LogP contribution is 2.36. The Hall–Kier alpha value is -1.02. The van der Waals surface area contributed by atoms with Gasteiger partial charge in [-0.25, -0.2) is 0 Å². The Morgan fingerprint density at radius 3 is 2.37 bits per heavy atom. The fourth-order valence-electron chi connectivity index (χ4n) is 2.78. The average molecular weight is 263 g/mol. The van der Waals surface area contributed by atoms with Crippen LogP contribution in [0.2, 0.25) is 0 Å². The summed E-state index contributed by atoms with van der Waals surface area (Å²) in [6, 6.07) is 4.54. The number of hydrogen-bond donors (Lipinski definition) is 1. The molecular formula is C17H29NO. The first kappa shape index (κ1) is 16.0. The predicted octanol–water partition coefficient (Wildman–Crippen LogP) is 4.01. The molecule has 108 valence electrons. The SMILES string of the molecule is CCC(C)(CNC)c1cc(C(C)C)c(OC)cc1C. The Labute approximate surface area is 118 Å². The monoisotopic (exact) mass is 263 g/mol. The molecule has 0 aliphatic rings. The second-order valence-electron chi connectivity index (χ2n) is 6.01. The summed E-state index contributed by atoms with van der Waals surface area (Å²) in [6.07, 6.45) is 1.12. The summed E-state index contributed by atoms with van der Waals surface area (Å²) in [5, 5.41) is 3.33. The van der Waals surface area contributed by atoms with Crippen LogP contribution in [-0.2, 0) is 5.41 Å². The van der Waals surface area contributed by atoms with E-state index >= 15 is 0 Å². The second-order valence-corrected chi connectivity index (χ2v) is 6.01. The Bertz CT molecular complexity index is 426. The van der Waals surface area contributed by atoms with Gasteiger partial charge in [-0.2, -0.15) is 0 Å². The van der Waals surface area contributed by atoms with Crippen LogP contribution in [0.25, 0.3) is 0 Å². The van der Waals surface area contributed by atoms with Crippen molar-refractivity contribution in [3.05, 3.63) is 28.8 Å². The summed E-state index contributed by atoms with van der Waals surface area (Å²) >= 11 is 0. The van der Waals surface area contributed by atoms with Crippen LogP contribution in [-0.4, -0.2) is 20.7 Å². The molecule has 1 rings (SSSR count). The molecule has 0 saturated carbocycles. The summed E-state index contributed by atoms with van der Waals surface area (Å²) in [7, 11) is 3.78. The molecule has 0 aliphatic heterocycles. The zero-order valence-corrected chi connectivity index (χ0v) is 13.6. The Kier molecular flexibility index (Phi) is 5.42. The van der Waals surface area contributed by atoms with E-state index in [1.807, 2.05) is 7.05 Å².